The van der Waals surface area contributed by atoms with Crippen molar-refractivity contribution in [2.24, 2.45) is 0 Å². The number of nitrogens with zero attached hydrogens (tertiary/aromatic N) is 1. The van der Waals surface area contributed by atoms with Crippen LogP contribution in [0.1, 0.15) is 15.9 Å². The first-order chi connectivity index (χ1) is 8.09. The molecule has 1 heterocycles. The van der Waals surface area contributed by atoms with E-state index in [-0.39, 0.29) is 5.56 Å². The minimum Gasteiger partial charge on any atom is -0.478 e. The van der Waals surface area contributed by atoms with Gasteiger partial charge in [-0.15, -0.1) is 0 Å². The number of aromatic nitrogens is 1. The van der Waals surface area contributed by atoms with Gasteiger partial charge < -0.3 is 5.11 Å². The van der Waals surface area contributed by atoms with Crippen LogP contribution in [0.25, 0.3) is 11.1 Å². The number of pyridine rings is 1. The Bertz CT molecular complexity index is 581. The van der Waals surface area contributed by atoms with Gasteiger partial charge in [-0.05, 0) is 30.7 Å². The van der Waals surface area contributed by atoms with E-state index in [0.29, 0.717) is 5.02 Å². The maximum Gasteiger partial charge on any atom is 0.335 e. The average Bonchev–Trinajstić information content (AvgIpc) is 2.30. The van der Waals surface area contributed by atoms with Crippen molar-refractivity contribution >= 4 is 17.6 Å². The summed E-state index contributed by atoms with van der Waals surface area (Å²) in [6.45, 7) is 1.96. The van der Waals surface area contributed by atoms with Gasteiger partial charge in [0.1, 0.15) is 0 Å². The molecule has 4 heteroatoms. The molecule has 0 amide bonds. The van der Waals surface area contributed by atoms with Crippen LogP contribution < -0.4 is 0 Å². The molecule has 0 fully saturated rings. The molecule has 1 aromatic carbocycles. The largest absolute Gasteiger partial charge is 0.478 e. The highest BCUT2D eigenvalue weighted by Crippen LogP contribution is 2.30. The van der Waals surface area contributed by atoms with Crippen molar-refractivity contribution in [3.63, 3.8) is 0 Å². The van der Waals surface area contributed by atoms with Crippen LogP contribution in [0, 0.1) is 6.92 Å². The van der Waals surface area contributed by atoms with Crippen LogP contribution in [-0.2, 0) is 0 Å². The highest BCUT2D eigenvalue weighted by atomic mass is 35.5. The lowest BCUT2D eigenvalue weighted by Gasteiger charge is -2.07. The second-order valence-corrected chi connectivity index (χ2v) is 4.10. The summed E-state index contributed by atoms with van der Waals surface area (Å²) in [6, 6.07) is 6.58. The van der Waals surface area contributed by atoms with Crippen molar-refractivity contribution in [2.75, 3.05) is 0 Å². The Balaban J connectivity index is 2.55. The van der Waals surface area contributed by atoms with Crippen molar-refractivity contribution in [1.29, 1.82) is 0 Å². The Kier molecular flexibility index (Phi) is 3.11. The molecule has 0 aliphatic carbocycles. The standard InChI is InChI=1S/C13H10ClNO2/c1-8-4-5-15-7-11(8)10-3-2-9(13(16)17)6-12(10)14/h2-7H,1H3,(H,16,17). The molecule has 17 heavy (non-hydrogen) atoms. The number of aromatic carboxylic acids is 1. The fourth-order valence-electron chi connectivity index (χ4n) is 1.61. The van der Waals surface area contributed by atoms with Gasteiger partial charge in [-0.2, -0.15) is 0 Å². The third-order valence-corrected chi connectivity index (χ3v) is 2.86. The monoisotopic (exact) mass is 247 g/mol. The van der Waals surface area contributed by atoms with E-state index >= 15 is 0 Å². The first kappa shape index (κ1) is 11.6. The molecular formula is C13H10ClNO2. The van der Waals surface area contributed by atoms with Crippen molar-refractivity contribution < 1.29 is 9.90 Å². The number of carboxylic acids is 1. The van der Waals surface area contributed by atoms with E-state index in [1.165, 1.54) is 12.1 Å². The van der Waals surface area contributed by atoms with E-state index in [1.807, 2.05) is 13.0 Å². The van der Waals surface area contributed by atoms with Crippen molar-refractivity contribution in [2.45, 2.75) is 6.92 Å². The number of carboxylic acid groups (broad SMARTS) is 1. The van der Waals surface area contributed by atoms with Gasteiger partial charge in [0.2, 0.25) is 0 Å². The number of carbonyl (C=O) groups is 1. The molecular weight excluding hydrogens is 238 g/mol. The van der Waals surface area contributed by atoms with Crippen LogP contribution in [0.4, 0.5) is 0 Å². The molecule has 0 saturated heterocycles. The van der Waals surface area contributed by atoms with Gasteiger partial charge in [0, 0.05) is 28.5 Å². The molecule has 0 saturated carbocycles. The predicted molar refractivity (Wildman–Crippen MR) is 66.4 cm³/mol. The van der Waals surface area contributed by atoms with Crippen molar-refractivity contribution in [3.8, 4) is 11.1 Å². The zero-order valence-corrected chi connectivity index (χ0v) is 9.90. The number of rotatable bonds is 2. The van der Waals surface area contributed by atoms with E-state index in [4.69, 9.17) is 16.7 Å². The predicted octanol–water partition coefficient (Wildman–Crippen LogP) is 3.41. The molecule has 2 rings (SSSR count). The normalized spacial score (nSPS) is 10.2. The van der Waals surface area contributed by atoms with Crippen molar-refractivity contribution in [1.82, 2.24) is 4.98 Å². The van der Waals surface area contributed by atoms with Gasteiger partial charge in [-0.25, -0.2) is 4.79 Å². The lowest BCUT2D eigenvalue weighted by atomic mass is 10.0. The Labute approximate surface area is 104 Å². The van der Waals surface area contributed by atoms with Crippen LogP contribution in [0.15, 0.2) is 36.7 Å². The Hall–Kier alpha value is -1.87. The lowest BCUT2D eigenvalue weighted by molar-refractivity contribution is 0.0697. The summed E-state index contributed by atoms with van der Waals surface area (Å²) in [5.41, 5.74) is 2.93. The second-order valence-electron chi connectivity index (χ2n) is 3.69. The molecule has 1 N–H and O–H groups in total. The Morgan fingerprint density at radius 3 is 2.65 bits per heavy atom. The molecule has 2 aromatic rings. The van der Waals surface area contributed by atoms with E-state index in [2.05, 4.69) is 4.98 Å². The summed E-state index contributed by atoms with van der Waals surface area (Å²) in [4.78, 5) is 14.8. The van der Waals surface area contributed by atoms with E-state index in [0.717, 1.165) is 16.7 Å². The average molecular weight is 248 g/mol. The second kappa shape index (κ2) is 4.55. The van der Waals surface area contributed by atoms with Crippen LogP contribution in [0.2, 0.25) is 5.02 Å². The number of halogens is 1. The van der Waals surface area contributed by atoms with Gasteiger partial charge in [0.25, 0.3) is 0 Å². The molecule has 0 radical (unpaired) electrons. The molecule has 3 nitrogen and oxygen atoms in total. The summed E-state index contributed by atoms with van der Waals surface area (Å²) < 4.78 is 0. The highest BCUT2D eigenvalue weighted by Gasteiger charge is 2.10. The summed E-state index contributed by atoms with van der Waals surface area (Å²) in [5.74, 6) is -0.985. The van der Waals surface area contributed by atoms with Gasteiger partial charge in [-0.1, -0.05) is 17.7 Å². The van der Waals surface area contributed by atoms with Crippen LogP contribution in [0.3, 0.4) is 0 Å². The first-order valence-corrected chi connectivity index (χ1v) is 5.41. The third-order valence-electron chi connectivity index (χ3n) is 2.55. The molecule has 86 valence electrons. The molecule has 0 unspecified atom stereocenters. The summed E-state index contributed by atoms with van der Waals surface area (Å²) in [7, 11) is 0. The van der Waals surface area contributed by atoms with Crippen molar-refractivity contribution in [3.05, 3.63) is 52.8 Å². The number of benzene rings is 1. The quantitative estimate of drug-likeness (QED) is 0.885. The molecule has 0 bridgehead atoms. The maximum absolute atomic E-state index is 10.8. The van der Waals surface area contributed by atoms with E-state index in [1.54, 1.807) is 18.5 Å². The Morgan fingerprint density at radius 2 is 2.06 bits per heavy atom. The molecule has 1 aromatic heterocycles. The minimum absolute atomic E-state index is 0.181. The highest BCUT2D eigenvalue weighted by molar-refractivity contribution is 6.33. The third kappa shape index (κ3) is 2.29. The van der Waals surface area contributed by atoms with E-state index in [9.17, 15) is 4.79 Å². The summed E-state index contributed by atoms with van der Waals surface area (Å²) in [6.07, 6.45) is 3.43. The zero-order chi connectivity index (χ0) is 12.4. The minimum atomic E-state index is -0.985. The maximum atomic E-state index is 10.8. The summed E-state index contributed by atoms with van der Waals surface area (Å²) in [5, 5.41) is 9.27. The van der Waals surface area contributed by atoms with Crippen LogP contribution >= 0.6 is 11.6 Å². The molecule has 0 spiro atoms. The van der Waals surface area contributed by atoms with E-state index < -0.39 is 5.97 Å². The number of hydrogen-bond donors (Lipinski definition) is 1. The lowest BCUT2D eigenvalue weighted by Crippen LogP contribution is -1.96. The Morgan fingerprint density at radius 1 is 1.29 bits per heavy atom. The SMILES string of the molecule is Cc1ccncc1-c1ccc(C(=O)O)cc1Cl. The molecule has 0 aliphatic rings. The van der Waals surface area contributed by atoms with Gasteiger partial charge in [-0.3, -0.25) is 4.98 Å². The number of aryl methyl sites for hydroxylation is 1. The topological polar surface area (TPSA) is 50.2 Å². The fourth-order valence-corrected chi connectivity index (χ4v) is 1.89. The number of hydrogen-bond acceptors (Lipinski definition) is 2. The molecule has 0 atom stereocenters. The zero-order valence-electron chi connectivity index (χ0n) is 9.14. The van der Waals surface area contributed by atoms with Gasteiger partial charge >= 0.3 is 5.97 Å². The van der Waals surface area contributed by atoms with Gasteiger partial charge in [0.15, 0.2) is 0 Å². The van der Waals surface area contributed by atoms with Gasteiger partial charge in [0.05, 0.1) is 5.56 Å². The smallest absolute Gasteiger partial charge is 0.335 e. The summed E-state index contributed by atoms with van der Waals surface area (Å²) >= 11 is 6.09. The first-order valence-electron chi connectivity index (χ1n) is 5.03. The molecule has 0 aliphatic heterocycles. The van der Waals surface area contributed by atoms with Crippen LogP contribution in [0.5, 0.6) is 0 Å². The van der Waals surface area contributed by atoms with Crippen LogP contribution in [-0.4, -0.2) is 16.1 Å². The fraction of sp³-hybridized carbons (Fsp3) is 0.0769.